The summed E-state index contributed by atoms with van der Waals surface area (Å²) in [6.45, 7) is 1.48. The Morgan fingerprint density at radius 3 is 2.21 bits per heavy atom. The van der Waals surface area contributed by atoms with Crippen LogP contribution >= 0.6 is 0 Å². The molecule has 96 valence electrons. The number of benzene rings is 2. The van der Waals surface area contributed by atoms with E-state index in [1.807, 2.05) is 30.3 Å². The van der Waals surface area contributed by atoms with E-state index in [4.69, 9.17) is 11.6 Å². The second-order valence-corrected chi connectivity index (χ2v) is 4.17. The summed E-state index contributed by atoms with van der Waals surface area (Å²) in [5.41, 5.74) is 9.02. The molecule has 2 aromatic rings. The first-order valence-electron chi connectivity index (χ1n) is 5.88. The minimum Gasteiger partial charge on any atom is -0.398 e. The number of ketones is 1. The van der Waals surface area contributed by atoms with Crippen molar-refractivity contribution in [3.63, 3.8) is 0 Å². The number of hydrazone groups is 1. The Morgan fingerprint density at radius 1 is 1.00 bits per heavy atom. The molecule has 0 saturated heterocycles. The van der Waals surface area contributed by atoms with Crippen molar-refractivity contribution in [2.45, 2.75) is 6.92 Å². The maximum absolute atomic E-state index is 11.5. The number of rotatable bonds is 3. The molecule has 2 aromatic carbocycles. The predicted molar refractivity (Wildman–Crippen MR) is 77.1 cm³/mol. The highest BCUT2D eigenvalue weighted by Gasteiger charge is 2.14. The Labute approximate surface area is 111 Å². The van der Waals surface area contributed by atoms with Crippen molar-refractivity contribution in [1.82, 2.24) is 0 Å². The minimum absolute atomic E-state index is 0.0798. The van der Waals surface area contributed by atoms with E-state index in [0.717, 1.165) is 5.56 Å². The van der Waals surface area contributed by atoms with Gasteiger partial charge in [0.2, 0.25) is 0 Å². The number of Topliss-reactive ketones (excluding diaryl/α,β-unsaturated/α-hetero) is 1. The first kappa shape index (κ1) is 12.8. The van der Waals surface area contributed by atoms with Gasteiger partial charge in [0.05, 0.1) is 11.4 Å². The van der Waals surface area contributed by atoms with E-state index in [0.29, 0.717) is 22.5 Å². The molecule has 0 aliphatic heterocycles. The molecule has 0 aromatic heterocycles. The molecular formula is C15H15N3O. The monoisotopic (exact) mass is 253 g/mol. The molecular weight excluding hydrogens is 238 g/mol. The van der Waals surface area contributed by atoms with Gasteiger partial charge >= 0.3 is 0 Å². The number of hydrogen-bond donors (Lipinski definition) is 2. The number of carbonyl (C=O) groups is 1. The number of carbonyl (C=O) groups excluding carboxylic acids is 1. The van der Waals surface area contributed by atoms with Crippen LogP contribution in [0.3, 0.4) is 0 Å². The average molecular weight is 253 g/mol. The molecule has 4 N–H and O–H groups in total. The predicted octanol–water partition coefficient (Wildman–Crippen LogP) is 2.18. The van der Waals surface area contributed by atoms with Crippen molar-refractivity contribution in [1.29, 1.82) is 0 Å². The van der Waals surface area contributed by atoms with Crippen molar-refractivity contribution in [3.8, 4) is 0 Å². The van der Waals surface area contributed by atoms with Crippen LogP contribution in [-0.4, -0.2) is 11.5 Å². The smallest absolute Gasteiger partial charge is 0.161 e. The zero-order chi connectivity index (χ0) is 13.8. The van der Waals surface area contributed by atoms with Crippen LogP contribution in [0.2, 0.25) is 0 Å². The largest absolute Gasteiger partial charge is 0.398 e. The van der Waals surface area contributed by atoms with Crippen LogP contribution in [-0.2, 0) is 0 Å². The zero-order valence-corrected chi connectivity index (χ0v) is 10.6. The molecule has 0 radical (unpaired) electrons. The molecule has 0 spiro atoms. The fourth-order valence-electron chi connectivity index (χ4n) is 1.97. The molecule has 0 saturated carbocycles. The van der Waals surface area contributed by atoms with Gasteiger partial charge in [-0.1, -0.05) is 42.5 Å². The normalized spacial score (nSPS) is 11.3. The molecule has 4 heteroatoms. The van der Waals surface area contributed by atoms with E-state index in [2.05, 4.69) is 5.10 Å². The number of nitrogens with two attached hydrogens (primary N) is 2. The number of anilines is 1. The highest BCUT2D eigenvalue weighted by Crippen LogP contribution is 2.21. The van der Waals surface area contributed by atoms with E-state index in [1.165, 1.54) is 6.92 Å². The van der Waals surface area contributed by atoms with Crippen molar-refractivity contribution < 1.29 is 4.79 Å². The standard InChI is InChI=1S/C15H15N3O/c1-10(19)12-8-5-9-13(14(12)16)15(18-17)11-6-3-2-4-7-11/h2-9H,16-17H2,1H3. The lowest BCUT2D eigenvalue weighted by Crippen LogP contribution is -2.12. The lowest BCUT2D eigenvalue weighted by atomic mass is 9.97. The van der Waals surface area contributed by atoms with Crippen LogP contribution in [0.25, 0.3) is 0 Å². The van der Waals surface area contributed by atoms with Crippen molar-refractivity contribution >= 4 is 17.2 Å². The van der Waals surface area contributed by atoms with Crippen molar-refractivity contribution in [2.75, 3.05) is 5.73 Å². The van der Waals surface area contributed by atoms with E-state index in [-0.39, 0.29) is 5.78 Å². The second kappa shape index (κ2) is 5.35. The summed E-state index contributed by atoms with van der Waals surface area (Å²) in [5.74, 6) is 5.40. The number of nitrogens with zero attached hydrogens (tertiary/aromatic N) is 1. The Hall–Kier alpha value is -2.62. The fourth-order valence-corrected chi connectivity index (χ4v) is 1.97. The summed E-state index contributed by atoms with van der Waals surface area (Å²) in [6.07, 6.45) is 0. The quantitative estimate of drug-likeness (QED) is 0.289. The number of hydrogen-bond acceptors (Lipinski definition) is 4. The molecule has 4 nitrogen and oxygen atoms in total. The van der Waals surface area contributed by atoms with E-state index >= 15 is 0 Å². The molecule has 2 rings (SSSR count). The summed E-state index contributed by atoms with van der Waals surface area (Å²) < 4.78 is 0. The first-order chi connectivity index (χ1) is 9.15. The van der Waals surface area contributed by atoms with Crippen LogP contribution in [0.15, 0.2) is 53.6 Å². The third kappa shape index (κ3) is 2.47. The summed E-state index contributed by atoms with van der Waals surface area (Å²) in [4.78, 5) is 11.5. The summed E-state index contributed by atoms with van der Waals surface area (Å²) >= 11 is 0. The molecule has 0 aliphatic rings. The van der Waals surface area contributed by atoms with Crippen LogP contribution in [0.4, 0.5) is 5.69 Å². The fraction of sp³-hybridized carbons (Fsp3) is 0.0667. The lowest BCUT2D eigenvalue weighted by molar-refractivity contribution is 0.101. The third-order valence-electron chi connectivity index (χ3n) is 2.92. The van der Waals surface area contributed by atoms with Gasteiger partial charge in [0.15, 0.2) is 5.78 Å². The summed E-state index contributed by atoms with van der Waals surface area (Å²) in [6, 6.07) is 14.8. The van der Waals surface area contributed by atoms with Crippen LogP contribution in [0.1, 0.15) is 28.4 Å². The molecule has 0 amide bonds. The van der Waals surface area contributed by atoms with Gasteiger partial charge < -0.3 is 11.6 Å². The van der Waals surface area contributed by atoms with E-state index in [1.54, 1.807) is 18.2 Å². The Morgan fingerprint density at radius 2 is 1.63 bits per heavy atom. The summed E-state index contributed by atoms with van der Waals surface area (Å²) in [7, 11) is 0. The number of para-hydroxylation sites is 1. The molecule has 0 atom stereocenters. The Bertz CT molecular complexity index is 633. The molecule has 0 heterocycles. The highest BCUT2D eigenvalue weighted by atomic mass is 16.1. The third-order valence-corrected chi connectivity index (χ3v) is 2.92. The van der Waals surface area contributed by atoms with Crippen LogP contribution in [0.5, 0.6) is 0 Å². The molecule has 0 bridgehead atoms. The van der Waals surface area contributed by atoms with Gasteiger partial charge in [-0.05, 0) is 13.0 Å². The summed E-state index contributed by atoms with van der Waals surface area (Å²) in [5, 5.41) is 3.82. The van der Waals surface area contributed by atoms with Crippen LogP contribution < -0.4 is 11.6 Å². The van der Waals surface area contributed by atoms with Gasteiger partial charge in [-0.2, -0.15) is 5.10 Å². The average Bonchev–Trinajstić information content (AvgIpc) is 2.42. The first-order valence-corrected chi connectivity index (χ1v) is 5.88. The highest BCUT2D eigenvalue weighted by molar-refractivity contribution is 6.17. The van der Waals surface area contributed by atoms with Gasteiger partial charge in [-0.3, -0.25) is 4.79 Å². The SMILES string of the molecule is CC(=O)c1cccc(C(=NN)c2ccccc2)c1N. The van der Waals surface area contributed by atoms with Crippen LogP contribution in [0, 0.1) is 0 Å². The number of nitrogen functional groups attached to an aromatic ring is 1. The van der Waals surface area contributed by atoms with E-state index in [9.17, 15) is 4.79 Å². The van der Waals surface area contributed by atoms with Gasteiger partial charge in [-0.25, -0.2) is 0 Å². The van der Waals surface area contributed by atoms with Crippen molar-refractivity contribution in [2.24, 2.45) is 10.9 Å². The van der Waals surface area contributed by atoms with Gasteiger partial charge in [0, 0.05) is 16.7 Å². The van der Waals surface area contributed by atoms with E-state index < -0.39 is 0 Å². The zero-order valence-electron chi connectivity index (χ0n) is 10.6. The topological polar surface area (TPSA) is 81.5 Å². The van der Waals surface area contributed by atoms with Gasteiger partial charge in [0.25, 0.3) is 0 Å². The van der Waals surface area contributed by atoms with Crippen molar-refractivity contribution in [3.05, 3.63) is 65.2 Å². The van der Waals surface area contributed by atoms with Gasteiger partial charge in [-0.15, -0.1) is 0 Å². The molecule has 19 heavy (non-hydrogen) atoms. The molecule has 0 unspecified atom stereocenters. The molecule has 0 fully saturated rings. The second-order valence-electron chi connectivity index (χ2n) is 4.17. The maximum atomic E-state index is 11.5. The Kier molecular flexibility index (Phi) is 3.61. The molecule has 0 aliphatic carbocycles. The lowest BCUT2D eigenvalue weighted by Gasteiger charge is -2.11. The Balaban J connectivity index is 2.58. The maximum Gasteiger partial charge on any atom is 0.161 e. The minimum atomic E-state index is -0.0798. The van der Waals surface area contributed by atoms with Gasteiger partial charge in [0.1, 0.15) is 0 Å².